The molecule has 16 bridgehead atoms. The van der Waals surface area contributed by atoms with Crippen LogP contribution in [-0.2, 0) is 61.0 Å². The van der Waals surface area contributed by atoms with Crippen LogP contribution in [0.25, 0.3) is 0 Å². The Morgan fingerprint density at radius 1 is 0.218 bits per heavy atom. The SMILES string of the molecule is CC(C)[C@H]1CC[C@H](C)CC1=O.CC(C)[C@H]1CC[C@H](C)CC1=O.CCCCCC(=O)c1cc2c(O)c(c1)Cc1cc(C(=O)CCCCC)cc(c1O)Cc1cc(C(=O)CCCCC)cc(c1O)Cc1cc(C(=O)CCCCC)cc(c1O)C2.CCCCCC(=O)c1cc2c(O)c(c1)Cc1cc(C(=O)CCCCC)cc(c1O)Cc1cc(C(=O)CCCCC)cc(c1O)Cc1cc(C(=O)CCCCC)cc(c1O)C2. The van der Waals surface area contributed by atoms with Crippen molar-refractivity contribution in [3.63, 3.8) is 0 Å². The molecule has 8 aromatic carbocycles. The quantitative estimate of drug-likeness (QED) is 0.0130. The van der Waals surface area contributed by atoms with Crippen molar-refractivity contribution in [1.82, 2.24) is 0 Å². The van der Waals surface area contributed by atoms with Crippen molar-refractivity contribution < 1.29 is 88.8 Å². The van der Waals surface area contributed by atoms with E-state index in [4.69, 9.17) is 0 Å². The van der Waals surface area contributed by atoms with Crippen LogP contribution >= 0.6 is 0 Å². The lowest BCUT2D eigenvalue weighted by molar-refractivity contribution is -0.128. The van der Waals surface area contributed by atoms with Crippen LogP contribution in [0.2, 0.25) is 0 Å². The molecule has 0 unspecified atom stereocenters. The summed E-state index contributed by atoms with van der Waals surface area (Å²) in [7, 11) is 0. The summed E-state index contributed by atoms with van der Waals surface area (Å²) in [5.74, 6) is 2.49. The Hall–Kier alpha value is -11.1. The van der Waals surface area contributed by atoms with Crippen LogP contribution in [0.4, 0.5) is 0 Å². The number of fused-ring (bicyclic) bond motifs is 16. The number of hydrogen-bond acceptors (Lipinski definition) is 18. The zero-order chi connectivity index (χ0) is 104. The second-order valence-corrected chi connectivity index (χ2v) is 42.0. The van der Waals surface area contributed by atoms with Crippen LogP contribution in [0.5, 0.6) is 46.0 Å². The van der Waals surface area contributed by atoms with Crippen molar-refractivity contribution in [2.24, 2.45) is 35.5 Å². The van der Waals surface area contributed by atoms with Crippen molar-refractivity contribution in [3.05, 3.63) is 231 Å². The topological polar surface area (TPSA) is 333 Å². The summed E-state index contributed by atoms with van der Waals surface area (Å²) < 4.78 is 0. The van der Waals surface area contributed by atoms with Gasteiger partial charge in [0.05, 0.1) is 0 Å². The van der Waals surface area contributed by atoms with E-state index >= 15 is 0 Å². The van der Waals surface area contributed by atoms with Gasteiger partial charge in [-0.05, 0) is 287 Å². The van der Waals surface area contributed by atoms with Gasteiger partial charge in [-0.3, -0.25) is 47.9 Å². The Kier molecular flexibility index (Phi) is 45.8. The van der Waals surface area contributed by atoms with Gasteiger partial charge in [0, 0.05) is 172 Å². The zero-order valence-electron chi connectivity index (χ0n) is 87.9. The predicted molar refractivity (Wildman–Crippen MR) is 568 cm³/mol. The maximum atomic E-state index is 13.7. The summed E-state index contributed by atoms with van der Waals surface area (Å²) in [6, 6.07) is 26.4. The first-order valence-corrected chi connectivity index (χ1v) is 54.1. The molecule has 2 saturated carbocycles. The highest BCUT2D eigenvalue weighted by Gasteiger charge is 2.33. The molecule has 8 aromatic rings. The summed E-state index contributed by atoms with van der Waals surface area (Å²) in [5, 5.41) is 96.0. The average molecular weight is 1940 g/mol. The van der Waals surface area contributed by atoms with Gasteiger partial charge >= 0.3 is 0 Å². The van der Waals surface area contributed by atoms with Gasteiger partial charge in [-0.25, -0.2) is 0 Å². The Morgan fingerprint density at radius 3 is 0.437 bits per heavy atom. The van der Waals surface area contributed by atoms with E-state index < -0.39 is 0 Å². The fourth-order valence-electron chi connectivity index (χ4n) is 20.5. The Labute approximate surface area is 846 Å². The monoisotopic (exact) mass is 1940 g/mol. The van der Waals surface area contributed by atoms with Crippen molar-refractivity contribution >= 4 is 57.8 Å². The van der Waals surface area contributed by atoms with E-state index in [-0.39, 0.29) is 144 Å². The standard InChI is InChI=1S/2C52H64O8.2C10H18O/c2*1-5-9-13-17-45(53)33-21-37-29-39-23-34(46(54)18-14-10-6-2)25-41(50(39)58)31-43-27-36(48(56)20-16-12-8-4)28-44(52(43)60)32-42-26-35(47(55)19-15-11-7-3)24-40(51(42)59)30-38(22-33)49(37)57;2*1-7(2)9-5-4-8(3)6-10(9)11/h2*21-28,57-60H,5-20,29-32H2,1-4H3;2*7-9H,4-6H2,1-3H3/t;;2*8-,9+/m..00/s1. The molecule has 18 nitrogen and oxygen atoms in total. The molecule has 18 heteroatoms. The van der Waals surface area contributed by atoms with Gasteiger partial charge in [0.25, 0.3) is 0 Å². The van der Waals surface area contributed by atoms with E-state index in [0.717, 1.165) is 128 Å². The molecular formula is C124H164O18. The summed E-state index contributed by atoms with van der Waals surface area (Å²) in [6.45, 7) is 29.5. The van der Waals surface area contributed by atoms with Gasteiger partial charge in [-0.15, -0.1) is 0 Å². The molecule has 4 aliphatic rings. The highest BCUT2D eigenvalue weighted by molar-refractivity contribution is 6.02. The van der Waals surface area contributed by atoms with Gasteiger partial charge in [0.1, 0.15) is 57.6 Å². The average Bonchev–Trinajstić information content (AvgIpc) is 0.774. The molecule has 0 spiro atoms. The second kappa shape index (κ2) is 56.8. The molecule has 0 saturated heterocycles. The molecule has 0 aromatic heterocycles. The first kappa shape index (κ1) is 114. The lowest BCUT2D eigenvalue weighted by Gasteiger charge is -2.27. The van der Waals surface area contributed by atoms with Gasteiger partial charge in [0.15, 0.2) is 46.3 Å². The Morgan fingerprint density at radius 2 is 0.338 bits per heavy atom. The van der Waals surface area contributed by atoms with Crippen molar-refractivity contribution in [1.29, 1.82) is 0 Å². The highest BCUT2D eigenvalue weighted by atomic mass is 16.3. The molecule has 142 heavy (non-hydrogen) atoms. The molecule has 2 fully saturated rings. The lowest BCUT2D eigenvalue weighted by Crippen LogP contribution is -2.27. The number of aromatic hydroxyl groups is 8. The minimum Gasteiger partial charge on any atom is -0.507 e. The molecule has 0 aliphatic heterocycles. The van der Waals surface area contributed by atoms with Crippen molar-refractivity contribution in [3.8, 4) is 46.0 Å². The van der Waals surface area contributed by atoms with E-state index in [9.17, 15) is 88.8 Å². The summed E-state index contributed by atoms with van der Waals surface area (Å²) in [6.07, 6.45) is 29.1. The normalized spacial score (nSPS) is 15.5. The number of hydrogen-bond donors (Lipinski definition) is 8. The van der Waals surface area contributed by atoms with Gasteiger partial charge in [0.2, 0.25) is 0 Å². The molecule has 768 valence electrons. The maximum Gasteiger partial charge on any atom is 0.162 e. The molecular weight excluding hydrogens is 1780 g/mol. The van der Waals surface area contributed by atoms with Crippen LogP contribution in [0, 0.1) is 35.5 Å². The largest absolute Gasteiger partial charge is 0.507 e. The fourth-order valence-corrected chi connectivity index (χ4v) is 20.5. The van der Waals surface area contributed by atoms with E-state index in [1.54, 1.807) is 97.1 Å². The van der Waals surface area contributed by atoms with Crippen LogP contribution in [0.1, 0.15) is 513 Å². The van der Waals surface area contributed by atoms with Crippen LogP contribution < -0.4 is 0 Å². The van der Waals surface area contributed by atoms with Gasteiger partial charge in [-0.2, -0.15) is 0 Å². The van der Waals surface area contributed by atoms with Crippen LogP contribution in [0.15, 0.2) is 97.1 Å². The number of phenols is 8. The molecule has 4 aliphatic carbocycles. The van der Waals surface area contributed by atoms with Gasteiger partial charge in [-0.1, -0.05) is 200 Å². The van der Waals surface area contributed by atoms with Gasteiger partial charge < -0.3 is 40.9 Å². The maximum absolute atomic E-state index is 13.7. The minimum absolute atomic E-state index is 0.0236. The lowest BCUT2D eigenvalue weighted by atomic mass is 9.77. The van der Waals surface area contributed by atoms with Crippen LogP contribution in [-0.4, -0.2) is 98.7 Å². The number of carbonyl (C=O) groups is 10. The van der Waals surface area contributed by atoms with E-state index in [0.29, 0.717) is 283 Å². The molecule has 0 radical (unpaired) electrons. The summed E-state index contributed by atoms with van der Waals surface area (Å²) in [4.78, 5) is 133. The smallest absolute Gasteiger partial charge is 0.162 e. The third kappa shape index (κ3) is 32.4. The number of ketones is 10. The van der Waals surface area contributed by atoms with Crippen molar-refractivity contribution in [2.45, 2.75) is 392 Å². The predicted octanol–water partition coefficient (Wildman–Crippen LogP) is 29.8. The molecule has 0 heterocycles. The Bertz CT molecular complexity index is 4560. The van der Waals surface area contributed by atoms with E-state index in [2.05, 4.69) is 96.9 Å². The molecule has 4 atom stereocenters. The molecule has 0 amide bonds. The van der Waals surface area contributed by atoms with Crippen molar-refractivity contribution in [2.75, 3.05) is 0 Å². The van der Waals surface area contributed by atoms with Crippen LogP contribution in [0.3, 0.4) is 0 Å². The summed E-state index contributed by atoms with van der Waals surface area (Å²) in [5.41, 5.74) is 9.02. The number of phenolic OH excluding ortho intramolecular Hbond substituents is 8. The van der Waals surface area contributed by atoms with E-state index in [1.165, 1.54) is 12.8 Å². The second-order valence-electron chi connectivity index (χ2n) is 42.0. The third-order valence-corrected chi connectivity index (χ3v) is 29.3. The Balaban J connectivity index is 0.000000259. The minimum atomic E-state index is -0.109. The summed E-state index contributed by atoms with van der Waals surface area (Å²) >= 11 is 0. The number of Topliss-reactive ketones (excluding diaryl/α,β-unsaturated/α-hetero) is 10. The number of unbranched alkanes of at least 4 members (excludes halogenated alkanes) is 16. The number of rotatable bonds is 42. The highest BCUT2D eigenvalue weighted by Crippen LogP contribution is 2.45. The number of benzene rings is 8. The fraction of sp³-hybridized carbons (Fsp3) is 0.532. The molecule has 8 N–H and O–H groups in total. The molecule has 12 rings (SSSR count). The zero-order valence-corrected chi connectivity index (χ0v) is 87.9. The third-order valence-electron chi connectivity index (χ3n) is 29.3. The first-order valence-electron chi connectivity index (χ1n) is 54.1. The first-order chi connectivity index (χ1) is 68.0. The number of carbonyl (C=O) groups excluding carboxylic acids is 10. The van der Waals surface area contributed by atoms with E-state index in [1.807, 2.05) is 0 Å².